The Bertz CT molecular complexity index is 920. The maximum atomic E-state index is 10.6. The van der Waals surface area contributed by atoms with Crippen LogP contribution < -0.4 is 5.73 Å². The molecule has 0 bridgehead atoms. The highest BCUT2D eigenvalue weighted by atomic mass is 32.1. The van der Waals surface area contributed by atoms with Gasteiger partial charge in [-0.25, -0.2) is 9.78 Å². The van der Waals surface area contributed by atoms with E-state index in [4.69, 9.17) is 20.2 Å². The second-order valence-corrected chi connectivity index (χ2v) is 6.83. The van der Waals surface area contributed by atoms with Gasteiger partial charge in [-0.05, 0) is 31.5 Å². The van der Waals surface area contributed by atoms with E-state index in [1.165, 1.54) is 0 Å². The second-order valence-electron chi connectivity index (χ2n) is 5.76. The first-order valence-electron chi connectivity index (χ1n) is 7.96. The van der Waals surface area contributed by atoms with Crippen LogP contribution in [-0.2, 0) is 11.2 Å². The van der Waals surface area contributed by atoms with E-state index < -0.39 is 12.1 Å². The van der Waals surface area contributed by atoms with E-state index >= 15 is 0 Å². The average Bonchev–Trinajstić information content (AvgIpc) is 3.24. The Balaban J connectivity index is 0.000000345. The predicted octanol–water partition coefficient (Wildman–Crippen LogP) is 3.75. The number of aryl methyl sites for hydroxylation is 1. The van der Waals surface area contributed by atoms with Crippen molar-refractivity contribution in [2.24, 2.45) is 5.73 Å². The minimum Gasteiger partial charge on any atom is -0.475 e. The summed E-state index contributed by atoms with van der Waals surface area (Å²) in [6.45, 7) is 3.94. The Hall–Kier alpha value is -2.79. The summed E-state index contributed by atoms with van der Waals surface area (Å²) in [5.74, 6) is -1.59. The summed E-state index contributed by atoms with van der Waals surface area (Å²) in [5.41, 5.74) is 8.78. The van der Waals surface area contributed by atoms with Crippen molar-refractivity contribution in [1.82, 2.24) is 15.1 Å². The first-order chi connectivity index (χ1) is 13.1. The molecule has 0 saturated carbocycles. The third-order valence-electron chi connectivity index (χ3n) is 3.40. The Kier molecular flexibility index (Phi) is 6.86. The lowest BCUT2D eigenvalue weighted by Gasteiger charge is -2.04. The Morgan fingerprint density at radius 3 is 2.36 bits per heavy atom. The number of benzene rings is 1. The fourth-order valence-electron chi connectivity index (χ4n) is 2.02. The summed E-state index contributed by atoms with van der Waals surface area (Å²) < 4.78 is 37.0. The second kappa shape index (κ2) is 8.93. The van der Waals surface area contributed by atoms with Crippen molar-refractivity contribution in [3.8, 4) is 11.5 Å². The lowest BCUT2D eigenvalue weighted by atomic mass is 10.1. The number of hydrogen-bond acceptors (Lipinski definition) is 7. The number of aliphatic carboxylic acids is 1. The molecule has 0 amide bonds. The molecule has 0 fully saturated rings. The summed E-state index contributed by atoms with van der Waals surface area (Å²) in [6.07, 6.45) is -4.49. The maximum absolute atomic E-state index is 10.6. The van der Waals surface area contributed by atoms with E-state index in [1.54, 1.807) is 11.3 Å². The summed E-state index contributed by atoms with van der Waals surface area (Å²) >= 11 is 1.62. The minimum absolute atomic E-state index is 0.0187. The quantitative estimate of drug-likeness (QED) is 0.668. The molecule has 7 nitrogen and oxygen atoms in total. The number of hydrogen-bond donors (Lipinski definition) is 2. The number of rotatable bonds is 4. The van der Waals surface area contributed by atoms with Gasteiger partial charge in [0.1, 0.15) is 0 Å². The van der Waals surface area contributed by atoms with Gasteiger partial charge >= 0.3 is 12.1 Å². The van der Waals surface area contributed by atoms with Crippen molar-refractivity contribution in [3.63, 3.8) is 0 Å². The average molecular weight is 414 g/mol. The third-order valence-corrected chi connectivity index (χ3v) is 4.22. The van der Waals surface area contributed by atoms with E-state index in [2.05, 4.69) is 15.1 Å². The van der Waals surface area contributed by atoms with Gasteiger partial charge in [0.15, 0.2) is 5.82 Å². The number of alkyl halides is 3. The van der Waals surface area contributed by atoms with Gasteiger partial charge in [-0.1, -0.05) is 17.3 Å². The Morgan fingerprint density at radius 1 is 1.29 bits per heavy atom. The number of thiazole rings is 1. The minimum atomic E-state index is -5.08. The fraction of sp³-hybridized carbons (Fsp3) is 0.294. The zero-order chi connectivity index (χ0) is 20.9. The molecule has 28 heavy (non-hydrogen) atoms. The van der Waals surface area contributed by atoms with Crippen molar-refractivity contribution in [2.45, 2.75) is 32.5 Å². The van der Waals surface area contributed by atoms with Crippen LogP contribution in [0.3, 0.4) is 0 Å². The standard InChI is InChI=1S/C15H16N4OS.C2HF3O2/c1-9(16)11-3-5-12(6-4-11)15-18-14(19-20-15)7-13-8-21-10(2)17-13;3-2(4,5)1(6)7/h3-6,8-9H,7,16H2,1-2H3;(H,6,7)/t9-;/m0./s1. The Labute approximate surface area is 162 Å². The van der Waals surface area contributed by atoms with Crippen LogP contribution in [0.2, 0.25) is 0 Å². The zero-order valence-electron chi connectivity index (χ0n) is 14.9. The highest BCUT2D eigenvalue weighted by Crippen LogP contribution is 2.21. The molecule has 1 atom stereocenters. The summed E-state index contributed by atoms with van der Waals surface area (Å²) in [4.78, 5) is 17.7. The molecule has 150 valence electrons. The fourth-order valence-corrected chi connectivity index (χ4v) is 2.64. The molecule has 3 N–H and O–H groups in total. The highest BCUT2D eigenvalue weighted by molar-refractivity contribution is 7.09. The summed E-state index contributed by atoms with van der Waals surface area (Å²) in [7, 11) is 0. The number of halogens is 3. The number of nitrogens with zero attached hydrogens (tertiary/aromatic N) is 3. The number of aromatic nitrogens is 3. The first kappa shape index (κ1) is 21.5. The van der Waals surface area contributed by atoms with Crippen LogP contribution in [0, 0.1) is 6.92 Å². The molecule has 3 rings (SSSR count). The van der Waals surface area contributed by atoms with Crippen LogP contribution in [0.1, 0.15) is 35.1 Å². The molecule has 0 saturated heterocycles. The van der Waals surface area contributed by atoms with Crippen molar-refractivity contribution in [1.29, 1.82) is 0 Å². The van der Waals surface area contributed by atoms with Gasteiger partial charge in [-0.2, -0.15) is 18.2 Å². The van der Waals surface area contributed by atoms with E-state index in [1.807, 2.05) is 43.5 Å². The van der Waals surface area contributed by atoms with Crippen molar-refractivity contribution in [2.75, 3.05) is 0 Å². The van der Waals surface area contributed by atoms with E-state index in [0.717, 1.165) is 21.8 Å². The van der Waals surface area contributed by atoms with Crippen LogP contribution in [-0.4, -0.2) is 32.4 Å². The zero-order valence-corrected chi connectivity index (χ0v) is 15.7. The van der Waals surface area contributed by atoms with Crippen molar-refractivity contribution < 1.29 is 27.6 Å². The molecule has 0 radical (unpaired) electrons. The van der Waals surface area contributed by atoms with Crippen LogP contribution in [0.15, 0.2) is 34.2 Å². The van der Waals surface area contributed by atoms with Crippen molar-refractivity contribution >= 4 is 17.3 Å². The van der Waals surface area contributed by atoms with Gasteiger partial charge in [-0.3, -0.25) is 0 Å². The van der Waals surface area contributed by atoms with E-state index in [-0.39, 0.29) is 6.04 Å². The smallest absolute Gasteiger partial charge is 0.475 e. The molecule has 2 heterocycles. The SMILES string of the molecule is Cc1nc(Cc2noc(-c3ccc([C@H](C)N)cc3)n2)cs1.O=C(O)C(F)(F)F. The van der Waals surface area contributed by atoms with Gasteiger partial charge in [0, 0.05) is 17.0 Å². The van der Waals surface area contributed by atoms with E-state index in [0.29, 0.717) is 18.1 Å². The van der Waals surface area contributed by atoms with Gasteiger partial charge in [0.05, 0.1) is 17.1 Å². The molecule has 0 unspecified atom stereocenters. The molecular formula is C17H17F3N4O3S. The first-order valence-corrected chi connectivity index (χ1v) is 8.84. The number of carboxylic acid groups (broad SMARTS) is 1. The number of nitrogens with two attached hydrogens (primary N) is 1. The molecule has 0 aliphatic carbocycles. The van der Waals surface area contributed by atoms with Crippen molar-refractivity contribution in [3.05, 3.63) is 51.7 Å². The molecule has 0 spiro atoms. The highest BCUT2D eigenvalue weighted by Gasteiger charge is 2.38. The van der Waals surface area contributed by atoms with Gasteiger partial charge in [0.2, 0.25) is 0 Å². The van der Waals surface area contributed by atoms with Crippen LogP contribution in [0.25, 0.3) is 11.5 Å². The summed E-state index contributed by atoms with van der Waals surface area (Å²) in [5, 5.41) is 14.2. The molecule has 1 aromatic carbocycles. The van der Waals surface area contributed by atoms with Gasteiger partial charge < -0.3 is 15.4 Å². The lowest BCUT2D eigenvalue weighted by molar-refractivity contribution is -0.192. The topological polar surface area (TPSA) is 115 Å². The Morgan fingerprint density at radius 2 is 1.89 bits per heavy atom. The molecule has 0 aliphatic heterocycles. The van der Waals surface area contributed by atoms with Gasteiger partial charge in [-0.15, -0.1) is 11.3 Å². The monoisotopic (exact) mass is 414 g/mol. The molecule has 11 heteroatoms. The predicted molar refractivity (Wildman–Crippen MR) is 95.7 cm³/mol. The molecular weight excluding hydrogens is 397 g/mol. The van der Waals surface area contributed by atoms with Gasteiger partial charge in [0.25, 0.3) is 5.89 Å². The third kappa shape index (κ3) is 6.13. The van der Waals surface area contributed by atoms with E-state index in [9.17, 15) is 13.2 Å². The maximum Gasteiger partial charge on any atom is 0.490 e. The lowest BCUT2D eigenvalue weighted by Crippen LogP contribution is -2.21. The molecule has 2 aromatic heterocycles. The largest absolute Gasteiger partial charge is 0.490 e. The van der Waals surface area contributed by atoms with Crippen LogP contribution >= 0.6 is 11.3 Å². The molecule has 0 aliphatic rings. The normalized spacial score (nSPS) is 12.2. The number of carbonyl (C=O) groups is 1. The summed E-state index contributed by atoms with van der Waals surface area (Å²) in [6, 6.07) is 7.87. The van der Waals surface area contributed by atoms with Crippen LogP contribution in [0.4, 0.5) is 13.2 Å². The molecule has 3 aromatic rings. The number of carboxylic acids is 1. The van der Waals surface area contributed by atoms with Crippen LogP contribution in [0.5, 0.6) is 0 Å².